The van der Waals surface area contributed by atoms with Gasteiger partial charge < -0.3 is 10.1 Å². The zero-order chi connectivity index (χ0) is 14.9. The molecule has 21 heavy (non-hydrogen) atoms. The van der Waals surface area contributed by atoms with Gasteiger partial charge in [-0.05, 0) is 31.5 Å². The van der Waals surface area contributed by atoms with E-state index in [1.807, 2.05) is 18.2 Å². The number of rotatable bonds is 9. The number of benzene rings is 1. The lowest BCUT2D eigenvalue weighted by atomic mass is 10.1. The third kappa shape index (κ3) is 5.27. The Kier molecular flexibility index (Phi) is 6.93. The molecular weight excluding hydrogens is 284 g/mol. The van der Waals surface area contributed by atoms with Crippen LogP contribution < -0.4 is 5.32 Å². The molecule has 0 aliphatic rings. The van der Waals surface area contributed by atoms with Crippen molar-refractivity contribution in [3.8, 4) is 0 Å². The summed E-state index contributed by atoms with van der Waals surface area (Å²) < 4.78 is 5.53. The normalized spacial score (nSPS) is 11.1. The minimum absolute atomic E-state index is 0.584. The summed E-state index contributed by atoms with van der Waals surface area (Å²) in [6, 6.07) is 10.1. The number of nitrogens with zero attached hydrogens (tertiary/aromatic N) is 1. The zero-order valence-corrected chi connectivity index (χ0v) is 13.3. The van der Waals surface area contributed by atoms with Crippen molar-refractivity contribution < 1.29 is 4.74 Å². The van der Waals surface area contributed by atoms with Crippen LogP contribution in [0.4, 0.5) is 0 Å². The second kappa shape index (κ2) is 8.98. The van der Waals surface area contributed by atoms with E-state index in [1.165, 1.54) is 6.42 Å². The lowest BCUT2D eigenvalue weighted by Gasteiger charge is -2.08. The Labute approximate surface area is 131 Å². The maximum atomic E-state index is 6.22. The average Bonchev–Trinajstić information content (AvgIpc) is 2.50. The highest BCUT2D eigenvalue weighted by Crippen LogP contribution is 2.20. The Balaban J connectivity index is 1.74. The number of unbranched alkanes of at least 4 members (excludes halogenated alkanes) is 1. The Morgan fingerprint density at radius 3 is 2.86 bits per heavy atom. The van der Waals surface area contributed by atoms with Gasteiger partial charge in [0.15, 0.2) is 0 Å². The van der Waals surface area contributed by atoms with Crippen molar-refractivity contribution in [3.05, 3.63) is 41.0 Å². The van der Waals surface area contributed by atoms with Crippen LogP contribution in [0.1, 0.15) is 31.7 Å². The van der Waals surface area contributed by atoms with E-state index in [1.54, 1.807) is 0 Å². The fraction of sp³-hybridized carbons (Fsp3) is 0.471. The van der Waals surface area contributed by atoms with Crippen molar-refractivity contribution >= 4 is 22.5 Å². The molecule has 0 radical (unpaired) electrons. The number of para-hydroxylation sites is 1. The van der Waals surface area contributed by atoms with E-state index in [-0.39, 0.29) is 0 Å². The van der Waals surface area contributed by atoms with E-state index in [9.17, 15) is 0 Å². The van der Waals surface area contributed by atoms with Crippen molar-refractivity contribution in [1.29, 1.82) is 0 Å². The zero-order valence-electron chi connectivity index (χ0n) is 12.6. The van der Waals surface area contributed by atoms with Gasteiger partial charge in [-0.3, -0.25) is 0 Å². The van der Waals surface area contributed by atoms with Crippen molar-refractivity contribution in [2.45, 2.75) is 32.7 Å². The molecule has 0 saturated carbocycles. The fourth-order valence-corrected chi connectivity index (χ4v) is 2.34. The average molecular weight is 307 g/mol. The van der Waals surface area contributed by atoms with Gasteiger partial charge in [-0.1, -0.05) is 43.1 Å². The molecule has 0 unspecified atom stereocenters. The van der Waals surface area contributed by atoms with Crippen LogP contribution in [0.2, 0.25) is 5.15 Å². The monoisotopic (exact) mass is 306 g/mol. The van der Waals surface area contributed by atoms with Crippen LogP contribution in [-0.2, 0) is 11.3 Å². The van der Waals surface area contributed by atoms with Gasteiger partial charge in [0, 0.05) is 30.7 Å². The number of hydrogen-bond donors (Lipinski definition) is 1. The second-order valence-electron chi connectivity index (χ2n) is 5.13. The highest BCUT2D eigenvalue weighted by Gasteiger charge is 2.04. The SMILES string of the molecule is CCCCOCCCNCc1cc2ccccc2nc1Cl. The molecule has 0 fully saturated rings. The number of ether oxygens (including phenoxy) is 1. The van der Waals surface area contributed by atoms with Gasteiger partial charge in [0.05, 0.1) is 5.52 Å². The number of nitrogens with one attached hydrogen (secondary N) is 1. The van der Waals surface area contributed by atoms with Crippen molar-refractivity contribution in [3.63, 3.8) is 0 Å². The molecule has 0 aliphatic carbocycles. The Morgan fingerprint density at radius 2 is 2.00 bits per heavy atom. The Bertz CT molecular complexity index is 559. The number of pyridine rings is 1. The highest BCUT2D eigenvalue weighted by atomic mass is 35.5. The van der Waals surface area contributed by atoms with E-state index in [0.29, 0.717) is 5.15 Å². The molecule has 1 N–H and O–H groups in total. The van der Waals surface area contributed by atoms with Gasteiger partial charge in [0.25, 0.3) is 0 Å². The molecular formula is C17H23ClN2O. The summed E-state index contributed by atoms with van der Waals surface area (Å²) >= 11 is 6.22. The molecule has 0 bridgehead atoms. The van der Waals surface area contributed by atoms with Gasteiger partial charge >= 0.3 is 0 Å². The van der Waals surface area contributed by atoms with Gasteiger partial charge in [-0.15, -0.1) is 0 Å². The minimum atomic E-state index is 0.584. The van der Waals surface area contributed by atoms with Gasteiger partial charge in [-0.2, -0.15) is 0 Å². The number of hydrogen-bond acceptors (Lipinski definition) is 3. The van der Waals surface area contributed by atoms with Crippen LogP contribution in [0.25, 0.3) is 10.9 Å². The van der Waals surface area contributed by atoms with Gasteiger partial charge in [0.1, 0.15) is 5.15 Å². The summed E-state index contributed by atoms with van der Waals surface area (Å²) in [5.74, 6) is 0. The molecule has 2 rings (SSSR count). The molecule has 4 heteroatoms. The van der Waals surface area contributed by atoms with Crippen LogP contribution in [-0.4, -0.2) is 24.7 Å². The van der Waals surface area contributed by atoms with Crippen molar-refractivity contribution in [2.75, 3.05) is 19.8 Å². The van der Waals surface area contributed by atoms with Crippen LogP contribution in [0.15, 0.2) is 30.3 Å². The predicted octanol–water partition coefficient (Wildman–Crippen LogP) is 4.18. The van der Waals surface area contributed by atoms with Gasteiger partial charge in [-0.25, -0.2) is 4.98 Å². The summed E-state index contributed by atoms with van der Waals surface area (Å²) in [5, 5.41) is 5.10. The first-order valence-electron chi connectivity index (χ1n) is 7.64. The third-order valence-corrected chi connectivity index (χ3v) is 3.68. The van der Waals surface area contributed by atoms with E-state index in [2.05, 4.69) is 29.4 Å². The number of aromatic nitrogens is 1. The summed E-state index contributed by atoms with van der Waals surface area (Å²) in [7, 11) is 0. The molecule has 0 amide bonds. The van der Waals surface area contributed by atoms with Gasteiger partial charge in [0.2, 0.25) is 0 Å². The largest absolute Gasteiger partial charge is 0.381 e. The minimum Gasteiger partial charge on any atom is -0.381 e. The first-order chi connectivity index (χ1) is 10.3. The standard InChI is InChI=1S/C17H23ClN2O/c1-2-3-10-21-11-6-9-19-13-15-12-14-7-4-5-8-16(14)20-17(15)18/h4-5,7-8,12,19H,2-3,6,9-11,13H2,1H3. The highest BCUT2D eigenvalue weighted by molar-refractivity contribution is 6.30. The lowest BCUT2D eigenvalue weighted by molar-refractivity contribution is 0.129. The number of halogens is 1. The molecule has 3 nitrogen and oxygen atoms in total. The van der Waals surface area contributed by atoms with Crippen molar-refractivity contribution in [1.82, 2.24) is 10.3 Å². The quantitative estimate of drug-likeness (QED) is 0.557. The molecule has 0 aliphatic heterocycles. The van der Waals surface area contributed by atoms with Crippen LogP contribution >= 0.6 is 11.6 Å². The van der Waals surface area contributed by atoms with Crippen LogP contribution in [0.3, 0.4) is 0 Å². The molecule has 2 aromatic rings. The number of fused-ring (bicyclic) bond motifs is 1. The molecule has 1 heterocycles. The second-order valence-corrected chi connectivity index (χ2v) is 5.49. The van der Waals surface area contributed by atoms with Crippen molar-refractivity contribution in [2.24, 2.45) is 0 Å². The summed E-state index contributed by atoms with van der Waals surface area (Å²) in [4.78, 5) is 4.43. The molecule has 114 valence electrons. The third-order valence-electron chi connectivity index (χ3n) is 3.35. The van der Waals surface area contributed by atoms with E-state index >= 15 is 0 Å². The Hall–Kier alpha value is -1.16. The van der Waals surface area contributed by atoms with Crippen LogP contribution in [0, 0.1) is 0 Å². The smallest absolute Gasteiger partial charge is 0.134 e. The molecule has 1 aromatic heterocycles. The fourth-order valence-electron chi connectivity index (χ4n) is 2.13. The van der Waals surface area contributed by atoms with Crippen LogP contribution in [0.5, 0.6) is 0 Å². The molecule has 0 saturated heterocycles. The maximum absolute atomic E-state index is 6.22. The summed E-state index contributed by atoms with van der Waals surface area (Å²) in [6.07, 6.45) is 3.35. The molecule has 1 aromatic carbocycles. The van der Waals surface area contributed by atoms with E-state index in [0.717, 1.165) is 55.6 Å². The summed E-state index contributed by atoms with van der Waals surface area (Å²) in [6.45, 7) is 5.53. The molecule has 0 spiro atoms. The topological polar surface area (TPSA) is 34.1 Å². The Morgan fingerprint density at radius 1 is 1.19 bits per heavy atom. The first-order valence-corrected chi connectivity index (χ1v) is 8.01. The van der Waals surface area contributed by atoms with E-state index in [4.69, 9.17) is 16.3 Å². The predicted molar refractivity (Wildman–Crippen MR) is 88.8 cm³/mol. The van der Waals surface area contributed by atoms with E-state index < -0.39 is 0 Å². The first kappa shape index (κ1) is 16.2. The summed E-state index contributed by atoms with van der Waals surface area (Å²) in [5.41, 5.74) is 1.98. The lowest BCUT2D eigenvalue weighted by Crippen LogP contribution is -2.17. The molecule has 0 atom stereocenters. The maximum Gasteiger partial charge on any atom is 0.134 e.